The van der Waals surface area contributed by atoms with Gasteiger partial charge >= 0.3 is 0 Å². The van der Waals surface area contributed by atoms with Crippen molar-refractivity contribution >= 4 is 22.9 Å². The summed E-state index contributed by atoms with van der Waals surface area (Å²) in [5.74, 6) is 0. The molecule has 3 N–H and O–H groups in total. The highest BCUT2D eigenvalue weighted by atomic mass is 32.1. The first-order valence-electron chi connectivity index (χ1n) is 6.31. The molecule has 0 unspecified atom stereocenters. The summed E-state index contributed by atoms with van der Waals surface area (Å²) in [6, 6.07) is 3.76. The Bertz CT molecular complexity index is 371. The second-order valence-corrected chi connectivity index (χ2v) is 4.48. The highest BCUT2D eigenvalue weighted by molar-refractivity contribution is 7.80. The number of hydrogen-bond acceptors (Lipinski definition) is 4. The third-order valence-electron chi connectivity index (χ3n) is 2.45. The third kappa shape index (κ3) is 5.93. The highest BCUT2D eigenvalue weighted by Gasteiger charge is 1.99. The van der Waals surface area contributed by atoms with Gasteiger partial charge in [0.05, 0.1) is 5.69 Å². The van der Waals surface area contributed by atoms with Crippen LogP contribution in [0.3, 0.4) is 0 Å². The van der Waals surface area contributed by atoms with Crippen LogP contribution in [0.5, 0.6) is 0 Å². The molecule has 100 valence electrons. The average Bonchev–Trinajstić information content (AvgIpc) is 2.38. The van der Waals surface area contributed by atoms with E-state index in [0.717, 1.165) is 38.3 Å². The second-order valence-electron chi connectivity index (χ2n) is 4.04. The molecule has 0 atom stereocenters. The van der Waals surface area contributed by atoms with E-state index in [-0.39, 0.29) is 0 Å². The molecule has 0 bridgehead atoms. The zero-order valence-electron chi connectivity index (χ0n) is 10.8. The molecule has 0 amide bonds. The van der Waals surface area contributed by atoms with Gasteiger partial charge in [-0.2, -0.15) is 0 Å². The number of anilines is 1. The summed E-state index contributed by atoms with van der Waals surface area (Å²) in [6.07, 6.45) is 5.00. The van der Waals surface area contributed by atoms with Crippen LogP contribution in [-0.4, -0.2) is 29.7 Å². The summed E-state index contributed by atoms with van der Waals surface area (Å²) in [5.41, 5.74) is 7.16. The van der Waals surface area contributed by atoms with Crippen molar-refractivity contribution in [1.82, 2.24) is 4.98 Å². The van der Waals surface area contributed by atoms with Gasteiger partial charge in [-0.15, -0.1) is 0 Å². The van der Waals surface area contributed by atoms with Gasteiger partial charge in [0.25, 0.3) is 0 Å². The number of pyridine rings is 1. The van der Waals surface area contributed by atoms with Gasteiger partial charge in [-0.05, 0) is 25.0 Å². The third-order valence-corrected chi connectivity index (χ3v) is 2.66. The van der Waals surface area contributed by atoms with Crippen molar-refractivity contribution in [2.75, 3.05) is 25.1 Å². The molecule has 1 rings (SSSR count). The lowest BCUT2D eigenvalue weighted by Crippen LogP contribution is -2.12. The zero-order valence-corrected chi connectivity index (χ0v) is 11.6. The monoisotopic (exact) mass is 267 g/mol. The Labute approximate surface area is 114 Å². The van der Waals surface area contributed by atoms with Gasteiger partial charge in [0.2, 0.25) is 0 Å². The summed E-state index contributed by atoms with van der Waals surface area (Å²) in [7, 11) is 0. The number of unbranched alkanes of at least 4 members (excludes halogenated alkanes) is 1. The lowest BCUT2D eigenvalue weighted by atomic mass is 10.3. The molecule has 0 aliphatic carbocycles. The molecule has 0 aromatic carbocycles. The number of rotatable bonds is 9. The summed E-state index contributed by atoms with van der Waals surface area (Å²) >= 11 is 4.88. The minimum atomic E-state index is 0.321. The van der Waals surface area contributed by atoms with Crippen molar-refractivity contribution in [3.05, 3.63) is 24.0 Å². The first-order valence-corrected chi connectivity index (χ1v) is 6.72. The highest BCUT2D eigenvalue weighted by Crippen LogP contribution is 2.07. The van der Waals surface area contributed by atoms with E-state index in [9.17, 15) is 0 Å². The first-order chi connectivity index (χ1) is 8.74. The van der Waals surface area contributed by atoms with Crippen LogP contribution in [0.1, 0.15) is 31.9 Å². The van der Waals surface area contributed by atoms with Gasteiger partial charge in [0, 0.05) is 31.6 Å². The standard InChI is InChI=1S/C13H21N3OS/c1-2-3-8-17-9-4-6-15-11-5-7-16-12(10-11)13(14)18/h5,7,10H,2-4,6,8-9H2,1H3,(H2,14,18)(H,15,16). The number of hydrogen-bond donors (Lipinski definition) is 2. The Kier molecular flexibility index (Phi) is 7.29. The Balaban J connectivity index is 2.19. The van der Waals surface area contributed by atoms with Crippen LogP contribution in [0, 0.1) is 0 Å². The molecule has 0 saturated carbocycles. The second kappa shape index (κ2) is 8.83. The van der Waals surface area contributed by atoms with E-state index in [1.165, 1.54) is 6.42 Å². The van der Waals surface area contributed by atoms with Gasteiger partial charge in [-0.25, -0.2) is 0 Å². The van der Waals surface area contributed by atoms with Crippen LogP contribution in [0.2, 0.25) is 0 Å². The molecule has 0 fully saturated rings. The van der Waals surface area contributed by atoms with Gasteiger partial charge in [0.1, 0.15) is 4.99 Å². The van der Waals surface area contributed by atoms with E-state index in [4.69, 9.17) is 22.7 Å². The Morgan fingerprint density at radius 3 is 2.94 bits per heavy atom. The fourth-order valence-electron chi connectivity index (χ4n) is 1.43. The largest absolute Gasteiger partial charge is 0.388 e. The molecular formula is C13H21N3OS. The van der Waals surface area contributed by atoms with Crippen molar-refractivity contribution in [3.63, 3.8) is 0 Å². The Morgan fingerprint density at radius 1 is 1.44 bits per heavy atom. The molecule has 5 heteroatoms. The number of nitrogens with two attached hydrogens (primary N) is 1. The maximum Gasteiger partial charge on any atom is 0.122 e. The van der Waals surface area contributed by atoms with Crippen LogP contribution in [-0.2, 0) is 4.74 Å². The average molecular weight is 267 g/mol. The maximum atomic E-state index is 5.53. The minimum absolute atomic E-state index is 0.321. The molecular weight excluding hydrogens is 246 g/mol. The zero-order chi connectivity index (χ0) is 13.2. The van der Waals surface area contributed by atoms with Crippen molar-refractivity contribution in [2.24, 2.45) is 5.73 Å². The summed E-state index contributed by atoms with van der Waals surface area (Å²) < 4.78 is 5.48. The fourth-order valence-corrected chi connectivity index (χ4v) is 1.54. The van der Waals surface area contributed by atoms with E-state index >= 15 is 0 Å². The van der Waals surface area contributed by atoms with E-state index in [0.29, 0.717) is 10.7 Å². The smallest absolute Gasteiger partial charge is 0.122 e. The molecule has 4 nitrogen and oxygen atoms in total. The minimum Gasteiger partial charge on any atom is -0.388 e. The number of aromatic nitrogens is 1. The van der Waals surface area contributed by atoms with Crippen molar-refractivity contribution < 1.29 is 4.74 Å². The molecule has 0 aliphatic heterocycles. The van der Waals surface area contributed by atoms with Crippen LogP contribution in [0.25, 0.3) is 0 Å². The molecule has 1 aromatic heterocycles. The predicted molar refractivity (Wildman–Crippen MR) is 79.0 cm³/mol. The fraction of sp³-hybridized carbons (Fsp3) is 0.538. The van der Waals surface area contributed by atoms with Crippen molar-refractivity contribution in [2.45, 2.75) is 26.2 Å². The van der Waals surface area contributed by atoms with Gasteiger partial charge in [-0.1, -0.05) is 25.6 Å². The molecule has 0 saturated heterocycles. The molecule has 18 heavy (non-hydrogen) atoms. The SMILES string of the molecule is CCCCOCCCNc1ccnc(C(N)=S)c1. The van der Waals surface area contributed by atoms with Crippen molar-refractivity contribution in [1.29, 1.82) is 0 Å². The van der Waals surface area contributed by atoms with Crippen LogP contribution >= 0.6 is 12.2 Å². The van der Waals surface area contributed by atoms with E-state index in [2.05, 4.69) is 17.2 Å². The lowest BCUT2D eigenvalue weighted by molar-refractivity contribution is 0.131. The number of nitrogens with one attached hydrogen (secondary N) is 1. The number of nitrogens with zero attached hydrogens (tertiary/aromatic N) is 1. The number of ether oxygens (including phenoxy) is 1. The molecule has 0 spiro atoms. The number of thiocarbonyl (C=S) groups is 1. The summed E-state index contributed by atoms with van der Waals surface area (Å²) in [5, 5.41) is 3.30. The first kappa shape index (κ1) is 14.9. The quantitative estimate of drug-likeness (QED) is 0.531. The molecule has 1 heterocycles. The summed E-state index contributed by atoms with van der Waals surface area (Å²) in [4.78, 5) is 4.41. The van der Waals surface area contributed by atoms with Gasteiger partial charge in [0.15, 0.2) is 0 Å². The van der Waals surface area contributed by atoms with E-state index in [1.807, 2.05) is 12.1 Å². The Hall–Kier alpha value is -1.20. The van der Waals surface area contributed by atoms with E-state index in [1.54, 1.807) is 6.20 Å². The topological polar surface area (TPSA) is 60.2 Å². The van der Waals surface area contributed by atoms with Crippen LogP contribution in [0.15, 0.2) is 18.3 Å². The lowest BCUT2D eigenvalue weighted by Gasteiger charge is -2.07. The molecule has 0 radical (unpaired) electrons. The molecule has 0 aliphatic rings. The normalized spacial score (nSPS) is 10.3. The molecule has 1 aromatic rings. The van der Waals surface area contributed by atoms with Gasteiger partial charge < -0.3 is 15.8 Å². The Morgan fingerprint density at radius 2 is 2.22 bits per heavy atom. The van der Waals surface area contributed by atoms with Crippen LogP contribution in [0.4, 0.5) is 5.69 Å². The predicted octanol–water partition coefficient (Wildman–Crippen LogP) is 2.33. The van der Waals surface area contributed by atoms with Gasteiger partial charge in [-0.3, -0.25) is 4.98 Å². The van der Waals surface area contributed by atoms with E-state index < -0.39 is 0 Å². The summed E-state index contributed by atoms with van der Waals surface area (Å²) in [6.45, 7) is 4.68. The maximum absolute atomic E-state index is 5.53. The van der Waals surface area contributed by atoms with Crippen LogP contribution < -0.4 is 11.1 Å². The van der Waals surface area contributed by atoms with Crippen molar-refractivity contribution in [3.8, 4) is 0 Å².